The van der Waals surface area contributed by atoms with Crippen LogP contribution in [0.15, 0.2) is 24.4 Å². The molecule has 0 amide bonds. The van der Waals surface area contributed by atoms with Gasteiger partial charge < -0.3 is 15.9 Å². The molecular weight excluding hydrogens is 156 g/mol. The molecule has 2 unspecified atom stereocenters. The number of nitrogens with two attached hydrogens (primary N) is 1. The fourth-order valence-corrected chi connectivity index (χ4v) is 0.870. The number of rotatable bonds is 3. The Bertz CT molecular complexity index is 228. The molecule has 0 bridgehead atoms. The second-order valence-corrected chi connectivity index (χ2v) is 2.55. The van der Waals surface area contributed by atoms with Crippen LogP contribution in [0, 0.1) is 0 Å². The minimum Gasteiger partial charge on any atom is -0.395 e. The monoisotopic (exact) mass is 168 g/mol. The number of aliphatic hydroxyl groups excluding tert-OH is 2. The zero-order valence-corrected chi connectivity index (χ0v) is 6.59. The molecule has 0 aromatic carbocycles. The molecule has 0 saturated heterocycles. The van der Waals surface area contributed by atoms with E-state index in [1.54, 1.807) is 24.4 Å². The standard InChI is InChI=1S/C8H12N2O2/c9-6(5-11)8(12)7-3-1-2-4-10-7/h1-4,6,8,11-12H,5,9H2. The predicted molar refractivity (Wildman–Crippen MR) is 44.3 cm³/mol. The van der Waals surface area contributed by atoms with Gasteiger partial charge in [0.25, 0.3) is 0 Å². The van der Waals surface area contributed by atoms with Gasteiger partial charge in [0, 0.05) is 6.20 Å². The van der Waals surface area contributed by atoms with E-state index in [1.807, 2.05) is 0 Å². The van der Waals surface area contributed by atoms with E-state index in [-0.39, 0.29) is 6.61 Å². The molecule has 4 N–H and O–H groups in total. The van der Waals surface area contributed by atoms with Crippen molar-refractivity contribution in [3.8, 4) is 0 Å². The van der Waals surface area contributed by atoms with Crippen LogP contribution >= 0.6 is 0 Å². The molecule has 1 aromatic rings. The van der Waals surface area contributed by atoms with Gasteiger partial charge in [0.1, 0.15) is 6.10 Å². The Morgan fingerprint density at radius 1 is 1.50 bits per heavy atom. The molecule has 0 aliphatic carbocycles. The highest BCUT2D eigenvalue weighted by Gasteiger charge is 2.16. The Labute approximate surface area is 70.7 Å². The molecule has 12 heavy (non-hydrogen) atoms. The molecule has 2 atom stereocenters. The van der Waals surface area contributed by atoms with Gasteiger partial charge in [-0.3, -0.25) is 4.98 Å². The third-order valence-electron chi connectivity index (χ3n) is 1.61. The first-order valence-corrected chi connectivity index (χ1v) is 3.71. The van der Waals surface area contributed by atoms with E-state index in [4.69, 9.17) is 10.8 Å². The molecule has 66 valence electrons. The van der Waals surface area contributed by atoms with Crippen molar-refractivity contribution in [3.63, 3.8) is 0 Å². The number of hydrogen-bond acceptors (Lipinski definition) is 4. The Balaban J connectivity index is 2.71. The maximum Gasteiger partial charge on any atom is 0.113 e. The van der Waals surface area contributed by atoms with Gasteiger partial charge in [0.15, 0.2) is 0 Å². The van der Waals surface area contributed by atoms with E-state index >= 15 is 0 Å². The smallest absolute Gasteiger partial charge is 0.113 e. The second-order valence-electron chi connectivity index (χ2n) is 2.55. The molecular formula is C8H12N2O2. The molecule has 0 saturated carbocycles. The van der Waals surface area contributed by atoms with E-state index in [9.17, 15) is 5.11 Å². The third kappa shape index (κ3) is 2.01. The van der Waals surface area contributed by atoms with Gasteiger partial charge in [-0.25, -0.2) is 0 Å². The molecule has 0 fully saturated rings. The lowest BCUT2D eigenvalue weighted by molar-refractivity contribution is 0.106. The summed E-state index contributed by atoms with van der Waals surface area (Å²) in [4.78, 5) is 3.91. The van der Waals surface area contributed by atoms with Crippen LogP contribution in [-0.4, -0.2) is 27.8 Å². The predicted octanol–water partition coefficient (Wildman–Crippen LogP) is -0.565. The number of hydrogen-bond donors (Lipinski definition) is 3. The average Bonchev–Trinajstić information content (AvgIpc) is 2.17. The minimum atomic E-state index is -0.892. The van der Waals surface area contributed by atoms with Gasteiger partial charge >= 0.3 is 0 Å². The summed E-state index contributed by atoms with van der Waals surface area (Å²) < 4.78 is 0. The van der Waals surface area contributed by atoms with Crippen LogP contribution in [0.5, 0.6) is 0 Å². The van der Waals surface area contributed by atoms with Crippen molar-refractivity contribution in [1.29, 1.82) is 0 Å². The summed E-state index contributed by atoms with van der Waals surface area (Å²) in [5.41, 5.74) is 5.89. The lowest BCUT2D eigenvalue weighted by Gasteiger charge is -2.15. The van der Waals surface area contributed by atoms with Crippen LogP contribution in [0.2, 0.25) is 0 Å². The van der Waals surface area contributed by atoms with Crippen molar-refractivity contribution >= 4 is 0 Å². The normalized spacial score (nSPS) is 15.6. The quantitative estimate of drug-likeness (QED) is 0.565. The molecule has 1 aromatic heterocycles. The number of pyridine rings is 1. The van der Waals surface area contributed by atoms with Gasteiger partial charge in [-0.15, -0.1) is 0 Å². The van der Waals surface area contributed by atoms with E-state index < -0.39 is 12.1 Å². The Kier molecular flexibility index (Phi) is 3.16. The van der Waals surface area contributed by atoms with Gasteiger partial charge in [-0.05, 0) is 12.1 Å². The summed E-state index contributed by atoms with van der Waals surface area (Å²) in [6.45, 7) is -0.252. The van der Waals surface area contributed by atoms with E-state index in [0.717, 1.165) is 0 Å². The van der Waals surface area contributed by atoms with Crippen LogP contribution in [0.3, 0.4) is 0 Å². The van der Waals surface area contributed by atoms with E-state index in [0.29, 0.717) is 5.69 Å². The van der Waals surface area contributed by atoms with Gasteiger partial charge in [0.2, 0.25) is 0 Å². The largest absolute Gasteiger partial charge is 0.395 e. The van der Waals surface area contributed by atoms with E-state index in [2.05, 4.69) is 4.98 Å². The first-order chi connectivity index (χ1) is 5.75. The van der Waals surface area contributed by atoms with Crippen molar-refractivity contribution in [3.05, 3.63) is 30.1 Å². The molecule has 4 nitrogen and oxygen atoms in total. The van der Waals surface area contributed by atoms with Crippen LogP contribution in [0.1, 0.15) is 11.8 Å². The van der Waals surface area contributed by atoms with Crippen LogP contribution in [0.25, 0.3) is 0 Å². The highest BCUT2D eigenvalue weighted by atomic mass is 16.3. The van der Waals surface area contributed by atoms with Crippen LogP contribution in [-0.2, 0) is 0 Å². The Hall–Kier alpha value is -0.970. The number of aromatic nitrogens is 1. The van der Waals surface area contributed by atoms with Crippen molar-refractivity contribution in [2.24, 2.45) is 5.73 Å². The third-order valence-corrected chi connectivity index (χ3v) is 1.61. The molecule has 0 spiro atoms. The molecule has 1 rings (SSSR count). The van der Waals surface area contributed by atoms with Gasteiger partial charge in [-0.2, -0.15) is 0 Å². The lowest BCUT2D eigenvalue weighted by Crippen LogP contribution is -2.32. The highest BCUT2D eigenvalue weighted by molar-refractivity contribution is 5.08. The molecule has 4 heteroatoms. The lowest BCUT2D eigenvalue weighted by atomic mass is 10.1. The molecule has 0 aliphatic heterocycles. The maximum atomic E-state index is 9.44. The average molecular weight is 168 g/mol. The summed E-state index contributed by atoms with van der Waals surface area (Å²) in [5, 5.41) is 18.1. The van der Waals surface area contributed by atoms with Crippen molar-refractivity contribution in [2.45, 2.75) is 12.1 Å². The van der Waals surface area contributed by atoms with Crippen molar-refractivity contribution in [2.75, 3.05) is 6.61 Å². The summed E-state index contributed by atoms with van der Waals surface area (Å²) in [5.74, 6) is 0. The molecule has 0 aliphatic rings. The zero-order valence-electron chi connectivity index (χ0n) is 6.59. The van der Waals surface area contributed by atoms with Crippen LogP contribution < -0.4 is 5.73 Å². The summed E-state index contributed by atoms with van der Waals surface area (Å²) >= 11 is 0. The van der Waals surface area contributed by atoms with Crippen LogP contribution in [0.4, 0.5) is 0 Å². The highest BCUT2D eigenvalue weighted by Crippen LogP contribution is 2.11. The first-order valence-electron chi connectivity index (χ1n) is 3.71. The van der Waals surface area contributed by atoms with Gasteiger partial charge in [-0.1, -0.05) is 6.07 Å². The van der Waals surface area contributed by atoms with Gasteiger partial charge in [0.05, 0.1) is 18.3 Å². The summed E-state index contributed by atoms with van der Waals surface area (Å²) in [7, 11) is 0. The summed E-state index contributed by atoms with van der Waals surface area (Å²) in [6.07, 6.45) is 0.680. The SMILES string of the molecule is NC(CO)C(O)c1ccccn1. The molecule has 1 heterocycles. The first kappa shape index (κ1) is 9.12. The number of aliphatic hydroxyl groups is 2. The fourth-order valence-electron chi connectivity index (χ4n) is 0.870. The van der Waals surface area contributed by atoms with E-state index in [1.165, 1.54) is 0 Å². The Morgan fingerprint density at radius 3 is 2.75 bits per heavy atom. The number of nitrogens with zero attached hydrogens (tertiary/aromatic N) is 1. The Morgan fingerprint density at radius 2 is 2.25 bits per heavy atom. The fraction of sp³-hybridized carbons (Fsp3) is 0.375. The maximum absolute atomic E-state index is 9.44. The summed E-state index contributed by atoms with van der Waals surface area (Å²) in [6, 6.07) is 4.51. The topological polar surface area (TPSA) is 79.4 Å². The van der Waals surface area contributed by atoms with Crippen molar-refractivity contribution < 1.29 is 10.2 Å². The second kappa shape index (κ2) is 4.15. The minimum absolute atomic E-state index is 0.252. The zero-order chi connectivity index (χ0) is 8.97. The molecule has 0 radical (unpaired) electrons. The van der Waals surface area contributed by atoms with Crippen molar-refractivity contribution in [1.82, 2.24) is 4.98 Å².